The van der Waals surface area contributed by atoms with E-state index >= 15 is 0 Å². The third-order valence-electron chi connectivity index (χ3n) is 6.89. The maximum Gasteiger partial charge on any atom is 0.255 e. The maximum absolute atomic E-state index is 13.3. The lowest BCUT2D eigenvalue weighted by molar-refractivity contribution is -0.0412. The minimum atomic E-state index is 0.230. The molecule has 6 nitrogen and oxygen atoms in total. The van der Waals surface area contributed by atoms with Crippen molar-refractivity contribution in [3.05, 3.63) is 45.3 Å². The number of hydrogen-bond acceptors (Lipinski definition) is 6. The van der Waals surface area contributed by atoms with E-state index < -0.39 is 0 Å². The molecule has 6 rings (SSSR count). The first-order chi connectivity index (χ1) is 13.7. The van der Waals surface area contributed by atoms with Crippen molar-refractivity contribution >= 4 is 16.5 Å². The van der Waals surface area contributed by atoms with Gasteiger partial charge in [0.1, 0.15) is 0 Å². The van der Waals surface area contributed by atoms with Gasteiger partial charge in [0.2, 0.25) is 0 Å². The third-order valence-corrected chi connectivity index (χ3v) is 7.72. The summed E-state index contributed by atoms with van der Waals surface area (Å²) >= 11 is 1.71. The van der Waals surface area contributed by atoms with Crippen LogP contribution in [0.2, 0.25) is 0 Å². The molecule has 4 aliphatic rings. The molecule has 0 radical (unpaired) electrons. The van der Waals surface area contributed by atoms with Crippen LogP contribution in [0.3, 0.4) is 0 Å². The number of hydrogen-bond donors (Lipinski definition) is 0. The summed E-state index contributed by atoms with van der Waals surface area (Å²) in [5.41, 5.74) is 2.39. The quantitative estimate of drug-likeness (QED) is 0.794. The number of thiazole rings is 1. The number of fused-ring (bicyclic) bond motifs is 6. The van der Waals surface area contributed by atoms with E-state index in [4.69, 9.17) is 4.74 Å². The first-order valence-corrected chi connectivity index (χ1v) is 11.4. The molecule has 0 aromatic carbocycles. The summed E-state index contributed by atoms with van der Waals surface area (Å²) in [4.78, 5) is 22.6. The summed E-state index contributed by atoms with van der Waals surface area (Å²) in [7, 11) is 0. The average Bonchev–Trinajstić information content (AvgIpc) is 3.34. The summed E-state index contributed by atoms with van der Waals surface area (Å²) in [6.45, 7) is 5.50. The minimum absolute atomic E-state index is 0.230. The Labute approximate surface area is 168 Å². The Morgan fingerprint density at radius 2 is 1.96 bits per heavy atom. The highest BCUT2D eigenvalue weighted by atomic mass is 32.1. The normalized spacial score (nSPS) is 31.8. The van der Waals surface area contributed by atoms with Crippen LogP contribution in [0.1, 0.15) is 36.4 Å². The van der Waals surface area contributed by atoms with Crippen molar-refractivity contribution in [2.75, 3.05) is 31.1 Å². The van der Waals surface area contributed by atoms with E-state index in [1.807, 2.05) is 11.6 Å². The van der Waals surface area contributed by atoms with Crippen molar-refractivity contribution in [1.82, 2.24) is 14.5 Å². The van der Waals surface area contributed by atoms with Gasteiger partial charge in [-0.15, -0.1) is 11.3 Å². The molecule has 4 atom stereocenters. The van der Waals surface area contributed by atoms with Gasteiger partial charge in [0.15, 0.2) is 5.13 Å². The van der Waals surface area contributed by atoms with Crippen molar-refractivity contribution in [2.24, 2.45) is 5.92 Å². The molecular weight excluding hydrogens is 372 g/mol. The largest absolute Gasteiger partial charge is 0.372 e. The van der Waals surface area contributed by atoms with E-state index in [0.29, 0.717) is 24.0 Å². The topological polar surface area (TPSA) is 50.6 Å². The second kappa shape index (κ2) is 6.68. The summed E-state index contributed by atoms with van der Waals surface area (Å²) in [6, 6.07) is 4.31. The summed E-state index contributed by atoms with van der Waals surface area (Å²) in [5, 5.41) is 3.16. The molecule has 0 spiro atoms. The molecule has 7 heteroatoms. The number of likely N-dealkylation sites (tertiary alicyclic amines) is 1. The lowest BCUT2D eigenvalue weighted by Crippen LogP contribution is -2.48. The number of ether oxygens (including phenoxy) is 1. The van der Waals surface area contributed by atoms with Crippen molar-refractivity contribution in [1.29, 1.82) is 0 Å². The Morgan fingerprint density at radius 3 is 2.75 bits per heavy atom. The van der Waals surface area contributed by atoms with Crippen molar-refractivity contribution in [3.63, 3.8) is 0 Å². The zero-order valence-electron chi connectivity index (χ0n) is 16.0. The average molecular weight is 399 g/mol. The molecule has 148 valence electrons. The van der Waals surface area contributed by atoms with Crippen LogP contribution in [0.4, 0.5) is 5.13 Å². The molecule has 3 fully saturated rings. The van der Waals surface area contributed by atoms with Crippen LogP contribution in [-0.2, 0) is 17.8 Å². The number of aromatic nitrogens is 2. The third kappa shape index (κ3) is 2.91. The second-order valence-electron chi connectivity index (χ2n) is 8.87. The first-order valence-electron chi connectivity index (χ1n) is 10.5. The highest BCUT2D eigenvalue weighted by molar-refractivity contribution is 7.13. The van der Waals surface area contributed by atoms with Crippen LogP contribution in [-0.4, -0.2) is 52.8 Å². The summed E-state index contributed by atoms with van der Waals surface area (Å²) < 4.78 is 8.03. The number of pyridine rings is 1. The molecule has 4 bridgehead atoms. The number of anilines is 1. The SMILES string of the molecule is O=c1c(CN2C[C@H]3CC[C@@H](C2)O3)ccc2n1C[C@H]1C[C@@H]2CN(c2nccs2)C1. The smallest absolute Gasteiger partial charge is 0.255 e. The molecule has 0 unspecified atom stereocenters. The van der Waals surface area contributed by atoms with Gasteiger partial charge in [0, 0.05) is 68.0 Å². The fraction of sp³-hybridized carbons (Fsp3) is 0.619. The Bertz CT molecular complexity index is 915. The molecule has 0 saturated carbocycles. The van der Waals surface area contributed by atoms with Gasteiger partial charge in [-0.1, -0.05) is 6.07 Å². The summed E-state index contributed by atoms with van der Waals surface area (Å²) in [5.74, 6) is 0.958. The zero-order chi connectivity index (χ0) is 18.7. The number of rotatable bonds is 3. The Morgan fingerprint density at radius 1 is 1.11 bits per heavy atom. The van der Waals surface area contributed by atoms with Crippen molar-refractivity contribution < 1.29 is 4.74 Å². The van der Waals surface area contributed by atoms with E-state index in [0.717, 1.165) is 50.0 Å². The lowest BCUT2D eigenvalue weighted by atomic mass is 9.83. The van der Waals surface area contributed by atoms with E-state index in [1.54, 1.807) is 11.3 Å². The van der Waals surface area contributed by atoms with Crippen LogP contribution in [0, 0.1) is 5.92 Å². The predicted molar refractivity (Wildman–Crippen MR) is 109 cm³/mol. The molecule has 0 amide bonds. The van der Waals surface area contributed by atoms with Gasteiger partial charge < -0.3 is 14.2 Å². The minimum Gasteiger partial charge on any atom is -0.372 e. The Hall–Kier alpha value is -1.70. The molecule has 2 aromatic heterocycles. The predicted octanol–water partition coefficient (Wildman–Crippen LogP) is 2.29. The molecular formula is C21H26N4O2S. The van der Waals surface area contributed by atoms with Gasteiger partial charge in [-0.2, -0.15) is 0 Å². The molecule has 2 aromatic rings. The molecule has 6 heterocycles. The van der Waals surface area contributed by atoms with Gasteiger partial charge >= 0.3 is 0 Å². The van der Waals surface area contributed by atoms with Crippen LogP contribution in [0.5, 0.6) is 0 Å². The molecule has 3 saturated heterocycles. The number of nitrogens with zero attached hydrogens (tertiary/aromatic N) is 4. The Kier molecular flexibility index (Phi) is 4.10. The van der Waals surface area contributed by atoms with E-state index in [1.165, 1.54) is 25.0 Å². The van der Waals surface area contributed by atoms with Crippen LogP contribution in [0.15, 0.2) is 28.5 Å². The maximum atomic E-state index is 13.3. The van der Waals surface area contributed by atoms with Gasteiger partial charge in [-0.05, 0) is 31.2 Å². The van der Waals surface area contributed by atoms with E-state index in [2.05, 4.69) is 31.5 Å². The van der Waals surface area contributed by atoms with Gasteiger partial charge in [-0.25, -0.2) is 4.98 Å². The molecule has 4 aliphatic heterocycles. The van der Waals surface area contributed by atoms with Crippen LogP contribution < -0.4 is 10.5 Å². The summed E-state index contributed by atoms with van der Waals surface area (Å²) in [6.07, 6.45) is 6.15. The van der Waals surface area contributed by atoms with Crippen molar-refractivity contribution in [3.8, 4) is 0 Å². The molecule has 28 heavy (non-hydrogen) atoms. The zero-order valence-corrected chi connectivity index (χ0v) is 16.8. The molecule has 0 aliphatic carbocycles. The van der Waals surface area contributed by atoms with Gasteiger partial charge in [0.05, 0.1) is 12.2 Å². The standard InChI is InChI=1S/C21H26N4O2S/c26-20-15(10-23-12-17-2-3-18(13-23)27-17)1-4-19-16-7-14(9-25(19)20)8-24(11-16)21-22-5-6-28-21/h1,4-6,14,16-18H,2-3,7-13H2/t14-,16+,17-,18+/m0/s1. The number of morpholine rings is 1. The van der Waals surface area contributed by atoms with Crippen molar-refractivity contribution in [2.45, 2.75) is 50.5 Å². The van der Waals surface area contributed by atoms with E-state index in [9.17, 15) is 4.79 Å². The number of piperidine rings is 1. The van der Waals surface area contributed by atoms with Crippen LogP contribution in [0.25, 0.3) is 0 Å². The highest BCUT2D eigenvalue weighted by Crippen LogP contribution is 2.37. The Balaban J connectivity index is 1.25. The fourth-order valence-corrected chi connectivity index (χ4v) is 6.37. The second-order valence-corrected chi connectivity index (χ2v) is 9.74. The fourth-order valence-electron chi connectivity index (χ4n) is 5.71. The monoisotopic (exact) mass is 398 g/mol. The molecule has 0 N–H and O–H groups in total. The van der Waals surface area contributed by atoms with Gasteiger partial charge in [-0.3, -0.25) is 9.69 Å². The highest BCUT2D eigenvalue weighted by Gasteiger charge is 2.37. The first kappa shape index (κ1) is 17.2. The van der Waals surface area contributed by atoms with E-state index in [-0.39, 0.29) is 5.56 Å². The lowest BCUT2D eigenvalue weighted by Gasteiger charge is -2.43. The van der Waals surface area contributed by atoms with Gasteiger partial charge in [0.25, 0.3) is 5.56 Å². The van der Waals surface area contributed by atoms with Crippen LogP contribution >= 0.6 is 11.3 Å².